The van der Waals surface area contributed by atoms with Crippen LogP contribution in [0.4, 0.5) is 13.2 Å². The van der Waals surface area contributed by atoms with Gasteiger partial charge < -0.3 is 10.4 Å². The Kier molecular flexibility index (Phi) is 5.32. The third-order valence-corrected chi connectivity index (χ3v) is 4.69. The zero-order valence-corrected chi connectivity index (χ0v) is 14.1. The molecular formula is C20H20F3NO2. The summed E-state index contributed by atoms with van der Waals surface area (Å²) in [5.74, 6) is -0.401. The van der Waals surface area contributed by atoms with Crippen molar-refractivity contribution in [3.05, 3.63) is 70.3 Å². The highest BCUT2D eigenvalue weighted by atomic mass is 19.4. The third kappa shape index (κ3) is 4.07. The van der Waals surface area contributed by atoms with Crippen molar-refractivity contribution >= 4 is 5.91 Å². The Morgan fingerprint density at radius 3 is 2.50 bits per heavy atom. The first kappa shape index (κ1) is 18.5. The Hall–Kier alpha value is -2.34. The molecule has 2 aromatic carbocycles. The lowest BCUT2D eigenvalue weighted by Crippen LogP contribution is -2.29. The molecule has 0 saturated heterocycles. The van der Waals surface area contributed by atoms with Crippen molar-refractivity contribution in [3.63, 3.8) is 0 Å². The smallest absolute Gasteiger partial charge is 0.387 e. The standard InChI is InChI=1S/C20H20F3NO2/c21-20(22,23)17-8-4-3-7-16(17)18(25)12-24-19(26)15-10-9-13-5-1-2-6-14(13)11-15/h3-4,7-11,18,25H,1-2,5-6,12H2,(H,24,26). The van der Waals surface area contributed by atoms with Crippen LogP contribution in [0.1, 0.15) is 51.6 Å². The van der Waals surface area contributed by atoms with Crippen LogP contribution in [0, 0.1) is 0 Å². The van der Waals surface area contributed by atoms with Crippen LogP contribution in [0.25, 0.3) is 0 Å². The SMILES string of the molecule is O=C(NCC(O)c1ccccc1C(F)(F)F)c1ccc2c(c1)CCCC2. The first-order chi connectivity index (χ1) is 12.4. The zero-order chi connectivity index (χ0) is 18.7. The molecule has 3 nitrogen and oxygen atoms in total. The number of benzene rings is 2. The maximum absolute atomic E-state index is 13.0. The molecule has 26 heavy (non-hydrogen) atoms. The summed E-state index contributed by atoms with van der Waals surface area (Å²) in [5, 5.41) is 12.7. The van der Waals surface area contributed by atoms with E-state index in [0.717, 1.165) is 37.3 Å². The zero-order valence-electron chi connectivity index (χ0n) is 14.1. The summed E-state index contributed by atoms with van der Waals surface area (Å²) in [5.41, 5.74) is 1.71. The molecule has 0 saturated carbocycles. The summed E-state index contributed by atoms with van der Waals surface area (Å²) >= 11 is 0. The number of halogens is 3. The van der Waals surface area contributed by atoms with Gasteiger partial charge in [-0.1, -0.05) is 24.3 Å². The van der Waals surface area contributed by atoms with E-state index in [1.807, 2.05) is 12.1 Å². The molecule has 2 N–H and O–H groups in total. The molecule has 0 aromatic heterocycles. The lowest BCUT2D eigenvalue weighted by molar-refractivity contribution is -0.139. The fourth-order valence-electron chi connectivity index (χ4n) is 3.32. The van der Waals surface area contributed by atoms with Crippen LogP contribution in [-0.2, 0) is 19.0 Å². The van der Waals surface area contributed by atoms with Crippen LogP contribution >= 0.6 is 0 Å². The molecule has 1 unspecified atom stereocenters. The monoisotopic (exact) mass is 363 g/mol. The number of aliphatic hydroxyl groups excluding tert-OH is 1. The third-order valence-electron chi connectivity index (χ3n) is 4.69. The molecule has 6 heteroatoms. The van der Waals surface area contributed by atoms with E-state index >= 15 is 0 Å². The Bertz CT molecular complexity index is 802. The topological polar surface area (TPSA) is 49.3 Å². The fraction of sp³-hybridized carbons (Fsp3) is 0.350. The lowest BCUT2D eigenvalue weighted by atomic mass is 9.90. The largest absolute Gasteiger partial charge is 0.416 e. The van der Waals surface area contributed by atoms with Crippen molar-refractivity contribution in [1.29, 1.82) is 0 Å². The lowest BCUT2D eigenvalue weighted by Gasteiger charge is -2.19. The summed E-state index contributed by atoms with van der Waals surface area (Å²) < 4.78 is 39.1. The van der Waals surface area contributed by atoms with Gasteiger partial charge in [-0.2, -0.15) is 13.2 Å². The van der Waals surface area contributed by atoms with E-state index in [1.165, 1.54) is 23.8 Å². The second-order valence-electron chi connectivity index (χ2n) is 6.50. The van der Waals surface area contributed by atoms with Gasteiger partial charge in [-0.3, -0.25) is 4.79 Å². The second-order valence-corrected chi connectivity index (χ2v) is 6.50. The van der Waals surface area contributed by atoms with Gasteiger partial charge in [-0.05, 0) is 60.6 Å². The van der Waals surface area contributed by atoms with Gasteiger partial charge in [0.25, 0.3) is 5.91 Å². The van der Waals surface area contributed by atoms with Gasteiger partial charge in [0.1, 0.15) is 0 Å². The maximum Gasteiger partial charge on any atom is 0.416 e. The van der Waals surface area contributed by atoms with Crippen molar-refractivity contribution in [2.24, 2.45) is 0 Å². The Morgan fingerprint density at radius 2 is 1.77 bits per heavy atom. The van der Waals surface area contributed by atoms with E-state index in [1.54, 1.807) is 6.07 Å². The Balaban J connectivity index is 1.68. The normalized spacial score (nSPS) is 15.2. The highest BCUT2D eigenvalue weighted by Gasteiger charge is 2.34. The summed E-state index contributed by atoms with van der Waals surface area (Å²) in [6.07, 6.45) is -1.83. The average molecular weight is 363 g/mol. The van der Waals surface area contributed by atoms with Gasteiger partial charge >= 0.3 is 6.18 Å². The number of amides is 1. The van der Waals surface area contributed by atoms with Crippen LogP contribution in [0.15, 0.2) is 42.5 Å². The Morgan fingerprint density at radius 1 is 1.08 bits per heavy atom. The van der Waals surface area contributed by atoms with Crippen LogP contribution in [-0.4, -0.2) is 17.6 Å². The van der Waals surface area contributed by atoms with Crippen LogP contribution in [0.2, 0.25) is 0 Å². The molecule has 1 aliphatic rings. The first-order valence-electron chi connectivity index (χ1n) is 8.60. The van der Waals surface area contributed by atoms with E-state index < -0.39 is 23.8 Å². The molecule has 0 aliphatic heterocycles. The van der Waals surface area contributed by atoms with Crippen molar-refractivity contribution < 1.29 is 23.1 Å². The number of aliphatic hydroxyl groups is 1. The molecule has 0 fully saturated rings. The van der Waals surface area contributed by atoms with Gasteiger partial charge in [0, 0.05) is 12.1 Å². The summed E-state index contributed by atoms with van der Waals surface area (Å²) in [6, 6.07) is 10.3. The molecular weight excluding hydrogens is 343 g/mol. The minimum atomic E-state index is -4.56. The van der Waals surface area contributed by atoms with Crippen molar-refractivity contribution in [1.82, 2.24) is 5.32 Å². The van der Waals surface area contributed by atoms with Crippen molar-refractivity contribution in [2.45, 2.75) is 38.0 Å². The number of alkyl halides is 3. The summed E-state index contributed by atoms with van der Waals surface area (Å²) in [7, 11) is 0. The molecule has 1 aliphatic carbocycles. The maximum atomic E-state index is 13.0. The molecule has 0 heterocycles. The summed E-state index contributed by atoms with van der Waals surface area (Å²) in [4.78, 5) is 12.3. The molecule has 1 amide bonds. The molecule has 0 radical (unpaired) electrons. The van der Waals surface area contributed by atoms with E-state index in [4.69, 9.17) is 0 Å². The van der Waals surface area contributed by atoms with Gasteiger partial charge in [0.15, 0.2) is 0 Å². The molecule has 138 valence electrons. The molecule has 2 aromatic rings. The molecule has 1 atom stereocenters. The predicted octanol–water partition coefficient (Wildman–Crippen LogP) is 4.05. The van der Waals surface area contributed by atoms with E-state index in [2.05, 4.69) is 5.32 Å². The number of carbonyl (C=O) groups excluding carboxylic acids is 1. The van der Waals surface area contributed by atoms with Gasteiger partial charge in [0.05, 0.1) is 11.7 Å². The van der Waals surface area contributed by atoms with E-state index in [9.17, 15) is 23.1 Å². The molecule has 3 rings (SSSR count). The minimum absolute atomic E-state index is 0.245. The molecule has 0 spiro atoms. The van der Waals surface area contributed by atoms with Crippen LogP contribution in [0.3, 0.4) is 0 Å². The van der Waals surface area contributed by atoms with Gasteiger partial charge in [0.2, 0.25) is 0 Å². The Labute approximate surface area is 149 Å². The average Bonchev–Trinajstić information content (AvgIpc) is 2.64. The van der Waals surface area contributed by atoms with E-state index in [0.29, 0.717) is 5.56 Å². The number of hydrogen-bond donors (Lipinski definition) is 2. The van der Waals surface area contributed by atoms with Crippen LogP contribution in [0.5, 0.6) is 0 Å². The minimum Gasteiger partial charge on any atom is -0.387 e. The highest BCUT2D eigenvalue weighted by molar-refractivity contribution is 5.94. The van der Waals surface area contributed by atoms with Gasteiger partial charge in [-0.25, -0.2) is 0 Å². The number of hydrogen-bond acceptors (Lipinski definition) is 2. The quantitative estimate of drug-likeness (QED) is 0.861. The second kappa shape index (κ2) is 7.50. The van der Waals surface area contributed by atoms with E-state index in [-0.39, 0.29) is 12.1 Å². The molecule has 0 bridgehead atoms. The van der Waals surface area contributed by atoms with Crippen molar-refractivity contribution in [3.8, 4) is 0 Å². The summed E-state index contributed by atoms with van der Waals surface area (Å²) in [6.45, 7) is -0.289. The number of rotatable bonds is 4. The highest BCUT2D eigenvalue weighted by Crippen LogP contribution is 2.34. The van der Waals surface area contributed by atoms with Gasteiger partial charge in [-0.15, -0.1) is 0 Å². The van der Waals surface area contributed by atoms with Crippen LogP contribution < -0.4 is 5.32 Å². The number of nitrogens with one attached hydrogen (secondary N) is 1. The predicted molar refractivity (Wildman–Crippen MR) is 91.8 cm³/mol. The van der Waals surface area contributed by atoms with Crippen molar-refractivity contribution in [2.75, 3.05) is 6.54 Å². The number of carbonyl (C=O) groups is 1. The number of fused-ring (bicyclic) bond motifs is 1. The number of aryl methyl sites for hydroxylation is 2. The fourth-order valence-corrected chi connectivity index (χ4v) is 3.32. The first-order valence-corrected chi connectivity index (χ1v) is 8.60.